The van der Waals surface area contributed by atoms with Gasteiger partial charge in [0.15, 0.2) is 0 Å². The van der Waals surface area contributed by atoms with E-state index in [2.05, 4.69) is 38.9 Å². The van der Waals surface area contributed by atoms with Gasteiger partial charge in [0.1, 0.15) is 18.0 Å². The standard InChI is InChI=1S/C17H29N5O/c1-5-14(6-2)17(23)20-15-11-16(19-12-18-15)22-9-7-21(8-10-22)13(3)4/h11-14H,5-10H2,1-4H3,(H,18,19,20,23). The average Bonchev–Trinajstić information content (AvgIpc) is 2.56. The first-order chi connectivity index (χ1) is 11.0. The first-order valence-electron chi connectivity index (χ1n) is 8.67. The van der Waals surface area contributed by atoms with E-state index in [9.17, 15) is 4.79 Å². The number of anilines is 2. The fourth-order valence-corrected chi connectivity index (χ4v) is 2.94. The van der Waals surface area contributed by atoms with Gasteiger partial charge in [-0.25, -0.2) is 9.97 Å². The van der Waals surface area contributed by atoms with Crippen LogP contribution in [0.1, 0.15) is 40.5 Å². The normalized spacial score (nSPS) is 16.2. The lowest BCUT2D eigenvalue weighted by Gasteiger charge is -2.37. The van der Waals surface area contributed by atoms with Crippen LogP contribution in [0.5, 0.6) is 0 Å². The Morgan fingerprint density at radius 1 is 1.17 bits per heavy atom. The van der Waals surface area contributed by atoms with E-state index in [4.69, 9.17) is 0 Å². The molecule has 0 bridgehead atoms. The van der Waals surface area contributed by atoms with Gasteiger partial charge in [-0.15, -0.1) is 0 Å². The lowest BCUT2D eigenvalue weighted by atomic mass is 10.0. The molecule has 0 atom stereocenters. The Hall–Kier alpha value is -1.69. The number of nitrogens with zero attached hydrogens (tertiary/aromatic N) is 4. The number of hydrogen-bond acceptors (Lipinski definition) is 5. The number of carbonyl (C=O) groups is 1. The summed E-state index contributed by atoms with van der Waals surface area (Å²) < 4.78 is 0. The molecule has 1 amide bonds. The van der Waals surface area contributed by atoms with Crippen LogP contribution in [0.4, 0.5) is 11.6 Å². The van der Waals surface area contributed by atoms with E-state index in [0.717, 1.165) is 44.8 Å². The minimum absolute atomic E-state index is 0.0444. The van der Waals surface area contributed by atoms with E-state index in [0.29, 0.717) is 11.9 Å². The van der Waals surface area contributed by atoms with Crippen LogP contribution in [0.2, 0.25) is 0 Å². The number of amides is 1. The maximum atomic E-state index is 12.2. The summed E-state index contributed by atoms with van der Waals surface area (Å²) in [5.41, 5.74) is 0. The molecule has 6 heteroatoms. The molecule has 2 heterocycles. The van der Waals surface area contributed by atoms with Crippen molar-refractivity contribution in [3.05, 3.63) is 12.4 Å². The lowest BCUT2D eigenvalue weighted by molar-refractivity contribution is -0.120. The first-order valence-corrected chi connectivity index (χ1v) is 8.67. The van der Waals surface area contributed by atoms with Crippen molar-refractivity contribution in [3.63, 3.8) is 0 Å². The number of hydrogen-bond donors (Lipinski definition) is 1. The van der Waals surface area contributed by atoms with Gasteiger partial charge in [0.25, 0.3) is 0 Å². The molecule has 0 saturated carbocycles. The molecule has 2 rings (SSSR count). The molecule has 1 aliphatic heterocycles. The van der Waals surface area contributed by atoms with Crippen molar-refractivity contribution < 1.29 is 4.79 Å². The van der Waals surface area contributed by atoms with Crippen LogP contribution < -0.4 is 10.2 Å². The predicted octanol–water partition coefficient (Wildman–Crippen LogP) is 2.38. The van der Waals surface area contributed by atoms with Gasteiger partial charge in [0.05, 0.1) is 0 Å². The summed E-state index contributed by atoms with van der Waals surface area (Å²) in [6, 6.07) is 2.46. The van der Waals surface area contributed by atoms with Crippen molar-refractivity contribution in [2.24, 2.45) is 5.92 Å². The van der Waals surface area contributed by atoms with Crippen LogP contribution in [-0.2, 0) is 4.79 Å². The Morgan fingerprint density at radius 2 is 1.83 bits per heavy atom. The van der Waals surface area contributed by atoms with Crippen molar-refractivity contribution >= 4 is 17.5 Å². The molecule has 0 radical (unpaired) electrons. The second-order valence-corrected chi connectivity index (χ2v) is 6.38. The average molecular weight is 319 g/mol. The fourth-order valence-electron chi connectivity index (χ4n) is 2.94. The zero-order valence-corrected chi connectivity index (χ0v) is 14.7. The number of piperazine rings is 1. The molecule has 0 aromatic carbocycles. The largest absolute Gasteiger partial charge is 0.354 e. The number of carbonyl (C=O) groups excluding carboxylic acids is 1. The van der Waals surface area contributed by atoms with Crippen LogP contribution in [0.3, 0.4) is 0 Å². The molecule has 0 unspecified atom stereocenters. The Bertz CT molecular complexity index is 507. The number of aromatic nitrogens is 2. The Labute approximate surface area is 139 Å². The Kier molecular flexibility index (Phi) is 6.33. The maximum Gasteiger partial charge on any atom is 0.228 e. The van der Waals surface area contributed by atoms with E-state index in [1.54, 1.807) is 0 Å². The smallest absolute Gasteiger partial charge is 0.228 e. The molecule has 128 valence electrons. The van der Waals surface area contributed by atoms with E-state index < -0.39 is 0 Å². The zero-order chi connectivity index (χ0) is 16.8. The minimum Gasteiger partial charge on any atom is -0.354 e. The Balaban J connectivity index is 1.99. The van der Waals surface area contributed by atoms with Crippen molar-refractivity contribution in [1.82, 2.24) is 14.9 Å². The molecule has 0 aliphatic carbocycles. The molecule has 1 fully saturated rings. The monoisotopic (exact) mass is 319 g/mol. The summed E-state index contributed by atoms with van der Waals surface area (Å²) >= 11 is 0. The highest BCUT2D eigenvalue weighted by atomic mass is 16.1. The molecular weight excluding hydrogens is 290 g/mol. The van der Waals surface area contributed by atoms with Gasteiger partial charge in [-0.1, -0.05) is 13.8 Å². The van der Waals surface area contributed by atoms with E-state index in [1.165, 1.54) is 6.33 Å². The molecule has 1 aromatic heterocycles. The van der Waals surface area contributed by atoms with Crippen LogP contribution in [-0.4, -0.2) is 53.0 Å². The summed E-state index contributed by atoms with van der Waals surface area (Å²) in [6.45, 7) is 12.5. The summed E-state index contributed by atoms with van der Waals surface area (Å²) in [7, 11) is 0. The first kappa shape index (κ1) is 17.7. The molecule has 1 saturated heterocycles. The van der Waals surface area contributed by atoms with Gasteiger partial charge in [-0.3, -0.25) is 9.69 Å². The third-order valence-corrected chi connectivity index (χ3v) is 4.63. The predicted molar refractivity (Wildman–Crippen MR) is 93.7 cm³/mol. The third-order valence-electron chi connectivity index (χ3n) is 4.63. The lowest BCUT2D eigenvalue weighted by Crippen LogP contribution is -2.49. The second kappa shape index (κ2) is 8.24. The van der Waals surface area contributed by atoms with Crippen molar-refractivity contribution in [3.8, 4) is 0 Å². The van der Waals surface area contributed by atoms with E-state index >= 15 is 0 Å². The van der Waals surface area contributed by atoms with Gasteiger partial charge in [-0.05, 0) is 26.7 Å². The quantitative estimate of drug-likeness (QED) is 0.872. The summed E-state index contributed by atoms with van der Waals surface area (Å²) in [5, 5.41) is 2.92. The van der Waals surface area contributed by atoms with Gasteiger partial charge < -0.3 is 10.2 Å². The fraction of sp³-hybridized carbons (Fsp3) is 0.706. The minimum atomic E-state index is 0.0444. The van der Waals surface area contributed by atoms with Crippen LogP contribution in [0, 0.1) is 5.92 Å². The molecule has 23 heavy (non-hydrogen) atoms. The maximum absolute atomic E-state index is 12.2. The second-order valence-electron chi connectivity index (χ2n) is 6.38. The van der Waals surface area contributed by atoms with Crippen LogP contribution in [0.25, 0.3) is 0 Å². The van der Waals surface area contributed by atoms with Gasteiger partial charge in [0.2, 0.25) is 5.91 Å². The molecule has 1 aromatic rings. The van der Waals surface area contributed by atoms with Gasteiger partial charge in [-0.2, -0.15) is 0 Å². The van der Waals surface area contributed by atoms with Crippen molar-refractivity contribution in [2.75, 3.05) is 36.4 Å². The Morgan fingerprint density at radius 3 is 2.39 bits per heavy atom. The number of nitrogens with one attached hydrogen (secondary N) is 1. The molecule has 0 spiro atoms. The highest BCUT2D eigenvalue weighted by Gasteiger charge is 2.20. The summed E-state index contributed by atoms with van der Waals surface area (Å²) in [5.74, 6) is 1.58. The van der Waals surface area contributed by atoms with E-state index in [1.807, 2.05) is 19.9 Å². The van der Waals surface area contributed by atoms with Gasteiger partial charge >= 0.3 is 0 Å². The summed E-state index contributed by atoms with van der Waals surface area (Å²) in [6.07, 6.45) is 3.22. The third kappa shape index (κ3) is 4.64. The van der Waals surface area contributed by atoms with Crippen LogP contribution >= 0.6 is 0 Å². The van der Waals surface area contributed by atoms with E-state index in [-0.39, 0.29) is 11.8 Å². The zero-order valence-electron chi connectivity index (χ0n) is 14.7. The topological polar surface area (TPSA) is 61.4 Å². The molecule has 1 aliphatic rings. The van der Waals surface area contributed by atoms with Crippen molar-refractivity contribution in [1.29, 1.82) is 0 Å². The SMILES string of the molecule is CCC(CC)C(=O)Nc1cc(N2CCN(C(C)C)CC2)ncn1. The highest BCUT2D eigenvalue weighted by molar-refractivity contribution is 5.91. The van der Waals surface area contributed by atoms with Crippen molar-refractivity contribution in [2.45, 2.75) is 46.6 Å². The molecule has 1 N–H and O–H groups in total. The highest BCUT2D eigenvalue weighted by Crippen LogP contribution is 2.18. The van der Waals surface area contributed by atoms with Gasteiger partial charge in [0, 0.05) is 44.2 Å². The molecule has 6 nitrogen and oxygen atoms in total. The number of rotatable bonds is 6. The summed E-state index contributed by atoms with van der Waals surface area (Å²) in [4.78, 5) is 25.5. The van der Waals surface area contributed by atoms with Crippen LogP contribution in [0.15, 0.2) is 12.4 Å². The molecular formula is C17H29N5O.